The van der Waals surface area contributed by atoms with E-state index in [1.807, 2.05) is 24.3 Å². The molecule has 0 spiro atoms. The van der Waals surface area contributed by atoms with Crippen molar-refractivity contribution in [2.45, 2.75) is 19.9 Å². The Morgan fingerprint density at radius 1 is 1.28 bits per heavy atom. The van der Waals surface area contributed by atoms with Gasteiger partial charge < -0.3 is 14.8 Å². The van der Waals surface area contributed by atoms with Crippen molar-refractivity contribution >= 4 is 28.5 Å². The molecule has 4 rings (SSSR count). The number of fused-ring (bicyclic) bond motifs is 1. The summed E-state index contributed by atoms with van der Waals surface area (Å²) in [6, 6.07) is 7.46. The molecule has 8 nitrogen and oxygen atoms in total. The first kappa shape index (κ1) is 22.7. The number of ether oxygens (including phenoxy) is 2. The third-order valence-electron chi connectivity index (χ3n) is 5.50. The molecule has 0 saturated carbocycles. The summed E-state index contributed by atoms with van der Waals surface area (Å²) in [5.41, 5.74) is 2.84. The summed E-state index contributed by atoms with van der Waals surface area (Å²) in [5.74, 6) is -0.370. The Morgan fingerprint density at radius 2 is 2.12 bits per heavy atom. The number of hydrogen-bond donors (Lipinski definition) is 1. The summed E-state index contributed by atoms with van der Waals surface area (Å²) in [7, 11) is 0. The number of benzene rings is 1. The maximum absolute atomic E-state index is 12.6. The second-order valence-electron chi connectivity index (χ2n) is 7.61. The quantitative estimate of drug-likeness (QED) is 0.390. The first-order chi connectivity index (χ1) is 15.7. The van der Waals surface area contributed by atoms with Crippen molar-refractivity contribution in [2.24, 2.45) is 0 Å². The number of carbonyl (C=O) groups is 1. The molecule has 9 heteroatoms. The van der Waals surface area contributed by atoms with E-state index in [-0.39, 0.29) is 5.97 Å². The van der Waals surface area contributed by atoms with Gasteiger partial charge in [-0.3, -0.25) is 9.88 Å². The van der Waals surface area contributed by atoms with Gasteiger partial charge in [-0.15, -0.1) is 0 Å². The molecule has 0 atom stereocenters. The van der Waals surface area contributed by atoms with Gasteiger partial charge in [-0.2, -0.15) is 5.10 Å². The van der Waals surface area contributed by atoms with Gasteiger partial charge in [0.15, 0.2) is 0 Å². The molecular formula is C23H28ClN5O3. The lowest BCUT2D eigenvalue weighted by atomic mass is 10.1. The zero-order chi connectivity index (χ0) is 22.3. The fourth-order valence-corrected chi connectivity index (χ4v) is 4.05. The summed E-state index contributed by atoms with van der Waals surface area (Å²) in [6.45, 7) is 8.04. The Hall–Kier alpha value is -2.52. The van der Waals surface area contributed by atoms with Gasteiger partial charge in [0.05, 0.1) is 42.9 Å². The number of nitrogens with one attached hydrogen (secondary N) is 1. The lowest BCUT2D eigenvalue weighted by molar-refractivity contribution is 0.0374. The summed E-state index contributed by atoms with van der Waals surface area (Å²) in [6.07, 6.45) is 4.31. The standard InChI is InChI=1S/C23H28ClN5O3/c1-2-32-23(30)19-15-27-29(21-6-8-26-20-14-17(24)4-5-18(20)21)22(19)16-25-7-3-9-28-10-12-31-13-11-28/h4-6,8,14-15,25H,2-3,7,9-13,16H2,1H3. The highest BCUT2D eigenvalue weighted by Gasteiger charge is 2.20. The molecule has 1 aliphatic rings. The highest BCUT2D eigenvalue weighted by Crippen LogP contribution is 2.25. The Balaban J connectivity index is 1.53. The van der Waals surface area contributed by atoms with Crippen LogP contribution in [0, 0.1) is 0 Å². The second-order valence-corrected chi connectivity index (χ2v) is 8.05. The molecular weight excluding hydrogens is 430 g/mol. The maximum atomic E-state index is 12.6. The zero-order valence-electron chi connectivity index (χ0n) is 18.2. The lowest BCUT2D eigenvalue weighted by Crippen LogP contribution is -2.37. The minimum Gasteiger partial charge on any atom is -0.462 e. The van der Waals surface area contributed by atoms with Crippen LogP contribution in [0.4, 0.5) is 0 Å². The highest BCUT2D eigenvalue weighted by molar-refractivity contribution is 6.31. The van der Waals surface area contributed by atoms with E-state index in [9.17, 15) is 4.79 Å². The molecule has 1 aliphatic heterocycles. The Kier molecular flexibility index (Phi) is 7.70. The van der Waals surface area contributed by atoms with Crippen molar-refractivity contribution in [3.8, 4) is 5.69 Å². The molecule has 0 aliphatic carbocycles. The van der Waals surface area contributed by atoms with Crippen molar-refractivity contribution in [3.63, 3.8) is 0 Å². The minimum atomic E-state index is -0.370. The molecule has 1 fully saturated rings. The van der Waals surface area contributed by atoms with Gasteiger partial charge in [-0.1, -0.05) is 11.6 Å². The smallest absolute Gasteiger partial charge is 0.341 e. The van der Waals surface area contributed by atoms with E-state index in [1.54, 1.807) is 24.0 Å². The van der Waals surface area contributed by atoms with E-state index in [2.05, 4.69) is 20.3 Å². The largest absolute Gasteiger partial charge is 0.462 e. The molecule has 0 amide bonds. The maximum Gasteiger partial charge on any atom is 0.341 e. The van der Waals surface area contributed by atoms with E-state index in [0.717, 1.165) is 68.1 Å². The number of morpholine rings is 1. The van der Waals surface area contributed by atoms with Crippen molar-refractivity contribution in [3.05, 3.63) is 52.9 Å². The van der Waals surface area contributed by atoms with Crippen LogP contribution in [-0.4, -0.2) is 71.6 Å². The van der Waals surface area contributed by atoms with Crippen molar-refractivity contribution in [1.29, 1.82) is 0 Å². The first-order valence-electron chi connectivity index (χ1n) is 11.0. The summed E-state index contributed by atoms with van der Waals surface area (Å²) in [5, 5.41) is 9.53. The molecule has 0 unspecified atom stereocenters. The normalized spacial score (nSPS) is 14.7. The molecule has 3 heterocycles. The van der Waals surface area contributed by atoms with Crippen LogP contribution in [-0.2, 0) is 16.0 Å². The summed E-state index contributed by atoms with van der Waals surface area (Å²) >= 11 is 6.14. The first-order valence-corrected chi connectivity index (χ1v) is 11.3. The molecule has 2 aromatic heterocycles. The molecule has 3 aromatic rings. The van der Waals surface area contributed by atoms with Gasteiger partial charge in [0.25, 0.3) is 0 Å². The van der Waals surface area contributed by atoms with Crippen LogP contribution in [0.2, 0.25) is 5.02 Å². The van der Waals surface area contributed by atoms with Gasteiger partial charge >= 0.3 is 5.97 Å². The molecule has 170 valence electrons. The fourth-order valence-electron chi connectivity index (χ4n) is 3.88. The Labute approximate surface area is 192 Å². The third-order valence-corrected chi connectivity index (χ3v) is 5.73. The molecule has 0 bridgehead atoms. The van der Waals surface area contributed by atoms with Gasteiger partial charge in [-0.05, 0) is 50.7 Å². The average molecular weight is 458 g/mol. The number of aromatic nitrogens is 3. The van der Waals surface area contributed by atoms with Crippen LogP contribution >= 0.6 is 11.6 Å². The average Bonchev–Trinajstić information content (AvgIpc) is 3.23. The van der Waals surface area contributed by atoms with Crippen LogP contribution in [0.1, 0.15) is 29.4 Å². The van der Waals surface area contributed by atoms with Crippen LogP contribution < -0.4 is 5.32 Å². The van der Waals surface area contributed by atoms with Crippen LogP contribution in [0.5, 0.6) is 0 Å². The van der Waals surface area contributed by atoms with Crippen LogP contribution in [0.25, 0.3) is 16.6 Å². The van der Waals surface area contributed by atoms with Crippen molar-refractivity contribution in [1.82, 2.24) is 25.0 Å². The molecule has 0 radical (unpaired) electrons. The van der Waals surface area contributed by atoms with E-state index >= 15 is 0 Å². The molecule has 1 aromatic carbocycles. The predicted molar refractivity (Wildman–Crippen MR) is 123 cm³/mol. The van der Waals surface area contributed by atoms with E-state index < -0.39 is 0 Å². The summed E-state index contributed by atoms with van der Waals surface area (Å²) in [4.78, 5) is 19.4. The number of halogens is 1. The number of pyridine rings is 1. The second kappa shape index (κ2) is 10.9. The Morgan fingerprint density at radius 3 is 2.94 bits per heavy atom. The van der Waals surface area contributed by atoms with Gasteiger partial charge in [0.2, 0.25) is 0 Å². The van der Waals surface area contributed by atoms with Gasteiger partial charge in [0.1, 0.15) is 5.56 Å². The highest BCUT2D eigenvalue weighted by atomic mass is 35.5. The number of carbonyl (C=O) groups excluding carboxylic acids is 1. The fraction of sp³-hybridized carbons (Fsp3) is 0.435. The number of rotatable bonds is 9. The van der Waals surface area contributed by atoms with Crippen LogP contribution in [0.3, 0.4) is 0 Å². The minimum absolute atomic E-state index is 0.313. The molecule has 1 saturated heterocycles. The van der Waals surface area contributed by atoms with Gasteiger partial charge in [0, 0.05) is 36.2 Å². The van der Waals surface area contributed by atoms with Gasteiger partial charge in [-0.25, -0.2) is 9.48 Å². The monoisotopic (exact) mass is 457 g/mol. The predicted octanol–water partition coefficient (Wildman–Crippen LogP) is 3.06. The SMILES string of the molecule is CCOC(=O)c1cnn(-c2ccnc3cc(Cl)ccc23)c1CNCCCN1CCOCC1. The molecule has 32 heavy (non-hydrogen) atoms. The number of nitrogens with zero attached hydrogens (tertiary/aromatic N) is 4. The van der Waals surface area contributed by atoms with E-state index in [1.165, 1.54) is 0 Å². The van der Waals surface area contributed by atoms with E-state index in [4.69, 9.17) is 21.1 Å². The number of esters is 1. The topological polar surface area (TPSA) is 81.5 Å². The van der Waals surface area contributed by atoms with E-state index in [0.29, 0.717) is 23.7 Å². The Bertz CT molecular complexity index is 1060. The van der Waals surface area contributed by atoms with Crippen LogP contribution in [0.15, 0.2) is 36.7 Å². The third kappa shape index (κ3) is 5.27. The summed E-state index contributed by atoms with van der Waals surface area (Å²) < 4.78 is 12.5. The van der Waals surface area contributed by atoms with Crippen molar-refractivity contribution in [2.75, 3.05) is 46.0 Å². The number of hydrogen-bond acceptors (Lipinski definition) is 7. The lowest BCUT2D eigenvalue weighted by Gasteiger charge is -2.26. The van der Waals surface area contributed by atoms with Crippen molar-refractivity contribution < 1.29 is 14.3 Å². The molecule has 1 N–H and O–H groups in total. The zero-order valence-corrected chi connectivity index (χ0v) is 19.0.